The molecule has 1 unspecified atom stereocenters. The Bertz CT molecular complexity index is 334. The predicted molar refractivity (Wildman–Crippen MR) is 106 cm³/mol. The maximum Gasteiger partial charge on any atom is 0.319 e. The summed E-state index contributed by atoms with van der Waals surface area (Å²) >= 11 is 4.16. The highest BCUT2D eigenvalue weighted by atomic mass is 32.1. The largest absolute Gasteiger partial charge is 0.466 e. The van der Waals surface area contributed by atoms with Crippen molar-refractivity contribution in [3.63, 3.8) is 0 Å². The van der Waals surface area contributed by atoms with Gasteiger partial charge in [-0.1, -0.05) is 78.1 Å². The van der Waals surface area contributed by atoms with E-state index in [1.807, 2.05) is 0 Å². The van der Waals surface area contributed by atoms with E-state index in [1.165, 1.54) is 51.4 Å². The summed E-state index contributed by atoms with van der Waals surface area (Å²) in [4.78, 5) is 23.5. The van der Waals surface area contributed by atoms with Crippen molar-refractivity contribution in [1.29, 1.82) is 0 Å². The van der Waals surface area contributed by atoms with Crippen LogP contribution in [0.2, 0.25) is 0 Å². The molecule has 4 nitrogen and oxygen atoms in total. The molecule has 0 saturated carbocycles. The Labute approximate surface area is 159 Å². The summed E-state index contributed by atoms with van der Waals surface area (Å²) in [6.07, 6.45) is 13.7. The molecule has 148 valence electrons. The van der Waals surface area contributed by atoms with Crippen molar-refractivity contribution in [3.05, 3.63) is 0 Å². The second-order valence-corrected chi connectivity index (χ2v) is 7.27. The van der Waals surface area contributed by atoms with Gasteiger partial charge in [-0.25, -0.2) is 0 Å². The smallest absolute Gasteiger partial charge is 0.319 e. The van der Waals surface area contributed by atoms with Crippen LogP contribution in [0.3, 0.4) is 0 Å². The van der Waals surface area contributed by atoms with Crippen molar-refractivity contribution in [2.24, 2.45) is 0 Å². The van der Waals surface area contributed by atoms with E-state index >= 15 is 0 Å². The number of hydrogen-bond donors (Lipinski definition) is 1. The van der Waals surface area contributed by atoms with Gasteiger partial charge in [-0.15, -0.1) is 0 Å². The van der Waals surface area contributed by atoms with E-state index in [0.717, 1.165) is 25.7 Å². The zero-order chi connectivity index (χ0) is 18.8. The van der Waals surface area contributed by atoms with E-state index in [1.54, 1.807) is 0 Å². The lowest BCUT2D eigenvalue weighted by atomic mass is 10.1. The molecule has 0 aromatic rings. The molecule has 5 heteroatoms. The molecule has 0 amide bonds. The van der Waals surface area contributed by atoms with Crippen LogP contribution >= 0.6 is 12.6 Å². The first-order valence-corrected chi connectivity index (χ1v) is 10.6. The lowest BCUT2D eigenvalue weighted by molar-refractivity contribution is -0.149. The van der Waals surface area contributed by atoms with Crippen molar-refractivity contribution >= 4 is 24.6 Å². The Kier molecular flexibility index (Phi) is 17.6. The van der Waals surface area contributed by atoms with Gasteiger partial charge in [0, 0.05) is 0 Å². The third-order valence-electron chi connectivity index (χ3n) is 4.14. The van der Waals surface area contributed by atoms with Crippen LogP contribution in [0.25, 0.3) is 0 Å². The van der Waals surface area contributed by atoms with E-state index < -0.39 is 11.2 Å². The molecule has 0 bridgehead atoms. The molecule has 25 heavy (non-hydrogen) atoms. The molecule has 0 aromatic heterocycles. The number of ether oxygens (including phenoxy) is 2. The van der Waals surface area contributed by atoms with Crippen LogP contribution < -0.4 is 0 Å². The van der Waals surface area contributed by atoms with E-state index in [4.69, 9.17) is 9.47 Å². The normalized spacial score (nSPS) is 12.0. The third kappa shape index (κ3) is 16.5. The summed E-state index contributed by atoms with van der Waals surface area (Å²) in [5.74, 6) is -0.793. The van der Waals surface area contributed by atoms with Gasteiger partial charge in [0.2, 0.25) is 0 Å². The average Bonchev–Trinajstić information content (AvgIpc) is 2.59. The maximum absolute atomic E-state index is 11.8. The average molecular weight is 375 g/mol. The lowest BCUT2D eigenvalue weighted by Crippen LogP contribution is -2.23. The zero-order valence-corrected chi connectivity index (χ0v) is 17.2. The fraction of sp³-hybridized carbons (Fsp3) is 0.900. The number of carbonyl (C=O) groups excluding carboxylic acids is 2. The monoisotopic (exact) mass is 374 g/mol. The Morgan fingerprint density at radius 2 is 1.16 bits per heavy atom. The van der Waals surface area contributed by atoms with Crippen molar-refractivity contribution in [2.45, 2.75) is 103 Å². The van der Waals surface area contributed by atoms with Crippen molar-refractivity contribution in [2.75, 3.05) is 13.2 Å². The minimum Gasteiger partial charge on any atom is -0.466 e. The highest BCUT2D eigenvalue weighted by molar-refractivity contribution is 7.81. The summed E-state index contributed by atoms with van der Waals surface area (Å²) in [6, 6.07) is 0. The predicted octanol–water partition coefficient (Wildman–Crippen LogP) is 5.48. The van der Waals surface area contributed by atoms with Gasteiger partial charge in [0.15, 0.2) is 0 Å². The van der Waals surface area contributed by atoms with Crippen LogP contribution in [0.5, 0.6) is 0 Å². The fourth-order valence-corrected chi connectivity index (χ4v) is 2.74. The van der Waals surface area contributed by atoms with Crippen molar-refractivity contribution in [1.82, 2.24) is 0 Å². The highest BCUT2D eigenvalue weighted by Crippen LogP contribution is 2.09. The van der Waals surface area contributed by atoms with Crippen LogP contribution in [-0.4, -0.2) is 30.4 Å². The Morgan fingerprint density at radius 3 is 1.68 bits per heavy atom. The standard InChI is InChI=1S/C20H38O4S/c1-3-5-7-9-11-13-15-23-19(21)17-18(25)20(22)24-16-14-12-10-8-6-4-2/h18,25H,3-17H2,1-2H3. The molecule has 0 heterocycles. The SMILES string of the molecule is CCCCCCCCOC(=O)CC(S)C(=O)OCCCCCCCC. The van der Waals surface area contributed by atoms with E-state index in [0.29, 0.717) is 13.2 Å². The number of rotatable bonds is 17. The number of thiol groups is 1. The van der Waals surface area contributed by atoms with Crippen LogP contribution in [-0.2, 0) is 19.1 Å². The number of esters is 2. The molecule has 0 aliphatic rings. The minimum atomic E-state index is -0.725. The molecule has 0 fully saturated rings. The van der Waals surface area contributed by atoms with E-state index in [2.05, 4.69) is 26.5 Å². The maximum atomic E-state index is 11.8. The molecule has 0 radical (unpaired) electrons. The second-order valence-electron chi connectivity index (χ2n) is 6.64. The third-order valence-corrected chi connectivity index (χ3v) is 4.53. The zero-order valence-electron chi connectivity index (χ0n) is 16.3. The van der Waals surface area contributed by atoms with Crippen LogP contribution in [0, 0.1) is 0 Å². The number of carbonyl (C=O) groups is 2. The first-order valence-electron chi connectivity index (χ1n) is 10.1. The van der Waals surface area contributed by atoms with Gasteiger partial charge in [0.1, 0.15) is 5.25 Å². The minimum absolute atomic E-state index is 0.0196. The van der Waals surface area contributed by atoms with Gasteiger partial charge in [-0.3, -0.25) is 9.59 Å². The van der Waals surface area contributed by atoms with Gasteiger partial charge in [0.25, 0.3) is 0 Å². The van der Waals surface area contributed by atoms with E-state index in [9.17, 15) is 9.59 Å². The molecule has 0 aromatic carbocycles. The summed E-state index contributed by atoms with van der Waals surface area (Å²) < 4.78 is 10.3. The first-order chi connectivity index (χ1) is 12.1. The summed E-state index contributed by atoms with van der Waals surface area (Å²) in [5.41, 5.74) is 0. The van der Waals surface area contributed by atoms with Crippen LogP contribution in [0.1, 0.15) is 97.3 Å². The van der Waals surface area contributed by atoms with Gasteiger partial charge < -0.3 is 9.47 Å². The van der Waals surface area contributed by atoms with Crippen molar-refractivity contribution < 1.29 is 19.1 Å². The lowest BCUT2D eigenvalue weighted by Gasteiger charge is -2.11. The molecule has 0 aliphatic heterocycles. The first kappa shape index (κ1) is 24.3. The molecule has 1 atom stereocenters. The Morgan fingerprint density at radius 1 is 0.720 bits per heavy atom. The molecule has 0 spiro atoms. The Balaban J connectivity index is 3.56. The second kappa shape index (κ2) is 18.1. The molecule has 0 rings (SSSR count). The number of hydrogen-bond acceptors (Lipinski definition) is 5. The molecular weight excluding hydrogens is 336 g/mol. The molecule has 0 N–H and O–H groups in total. The fourth-order valence-electron chi connectivity index (χ4n) is 2.52. The van der Waals surface area contributed by atoms with Crippen LogP contribution in [0.4, 0.5) is 0 Å². The van der Waals surface area contributed by atoms with Gasteiger partial charge in [-0.2, -0.15) is 12.6 Å². The quantitative estimate of drug-likeness (QED) is 0.208. The molecule has 0 saturated heterocycles. The molecular formula is C20H38O4S. The molecule has 0 aliphatic carbocycles. The summed E-state index contributed by atoms with van der Waals surface area (Å²) in [7, 11) is 0. The topological polar surface area (TPSA) is 52.6 Å². The van der Waals surface area contributed by atoms with E-state index in [-0.39, 0.29) is 12.4 Å². The summed E-state index contributed by atoms with van der Waals surface area (Å²) in [5, 5.41) is -0.725. The van der Waals surface area contributed by atoms with Gasteiger partial charge in [0.05, 0.1) is 19.6 Å². The van der Waals surface area contributed by atoms with Crippen LogP contribution in [0.15, 0.2) is 0 Å². The van der Waals surface area contributed by atoms with Crippen molar-refractivity contribution in [3.8, 4) is 0 Å². The van der Waals surface area contributed by atoms with Gasteiger partial charge in [-0.05, 0) is 12.8 Å². The number of unbranched alkanes of at least 4 members (excludes halogenated alkanes) is 10. The summed E-state index contributed by atoms with van der Waals surface area (Å²) in [6.45, 7) is 5.22. The Hall–Kier alpha value is -0.710. The highest BCUT2D eigenvalue weighted by Gasteiger charge is 2.20. The van der Waals surface area contributed by atoms with Gasteiger partial charge >= 0.3 is 11.9 Å².